The smallest absolute Gasteiger partial charge is 0.107 e. The van der Waals surface area contributed by atoms with Crippen LogP contribution in [0.2, 0.25) is 0 Å². The van der Waals surface area contributed by atoms with Gasteiger partial charge in [0.15, 0.2) is 0 Å². The normalized spacial score (nSPS) is 31.0. The molecule has 2 nitrogen and oxygen atoms in total. The van der Waals surface area contributed by atoms with Gasteiger partial charge in [-0.15, -0.1) is 0 Å². The summed E-state index contributed by atoms with van der Waals surface area (Å²) in [6, 6.07) is 2.53. The van der Waals surface area contributed by atoms with E-state index in [-0.39, 0.29) is 11.1 Å². The molecule has 1 N–H and O–H groups in total. The summed E-state index contributed by atoms with van der Waals surface area (Å²) >= 11 is 0. The summed E-state index contributed by atoms with van der Waals surface area (Å²) in [5.41, 5.74) is 0.105. The van der Waals surface area contributed by atoms with E-state index in [9.17, 15) is 5.26 Å². The minimum atomic E-state index is -0.292. The van der Waals surface area contributed by atoms with Crippen molar-refractivity contribution < 1.29 is 0 Å². The van der Waals surface area contributed by atoms with Crippen molar-refractivity contribution in [3.63, 3.8) is 0 Å². The van der Waals surface area contributed by atoms with Gasteiger partial charge in [0.05, 0.1) is 6.07 Å². The molecule has 0 unspecified atom stereocenters. The topological polar surface area (TPSA) is 35.8 Å². The molecule has 0 radical (unpaired) electrons. The Morgan fingerprint density at radius 1 is 1.06 bits per heavy atom. The lowest BCUT2D eigenvalue weighted by molar-refractivity contribution is 0.124. The Morgan fingerprint density at radius 3 is 1.82 bits per heavy atom. The molecule has 0 aromatic rings. The van der Waals surface area contributed by atoms with Crippen molar-refractivity contribution in [3.8, 4) is 6.07 Å². The van der Waals surface area contributed by atoms with Crippen molar-refractivity contribution in [1.82, 2.24) is 5.32 Å². The van der Waals surface area contributed by atoms with Crippen LogP contribution in [0.3, 0.4) is 0 Å². The highest BCUT2D eigenvalue weighted by Crippen LogP contribution is 2.41. The highest BCUT2D eigenvalue weighted by atomic mass is 15.0. The maximum Gasteiger partial charge on any atom is 0.107 e. The quantitative estimate of drug-likeness (QED) is 0.750. The summed E-state index contributed by atoms with van der Waals surface area (Å²) in [5.74, 6) is 0.755. The molecule has 0 aliphatic heterocycles. The van der Waals surface area contributed by atoms with E-state index in [1.807, 2.05) is 0 Å². The molecule has 98 valence electrons. The van der Waals surface area contributed by atoms with Crippen molar-refractivity contribution in [2.45, 2.75) is 78.3 Å². The van der Waals surface area contributed by atoms with Gasteiger partial charge in [-0.05, 0) is 57.8 Å². The molecule has 1 rings (SSSR count). The van der Waals surface area contributed by atoms with Gasteiger partial charge in [-0.1, -0.05) is 20.8 Å². The minimum Gasteiger partial charge on any atom is -0.295 e. The highest BCUT2D eigenvalue weighted by molar-refractivity contribution is 5.11. The first-order valence-corrected chi connectivity index (χ1v) is 6.79. The van der Waals surface area contributed by atoms with Gasteiger partial charge in [0, 0.05) is 5.54 Å². The fourth-order valence-corrected chi connectivity index (χ4v) is 2.96. The van der Waals surface area contributed by atoms with Crippen molar-refractivity contribution in [3.05, 3.63) is 0 Å². The van der Waals surface area contributed by atoms with Gasteiger partial charge >= 0.3 is 0 Å². The zero-order valence-corrected chi connectivity index (χ0v) is 12.4. The molecule has 1 fully saturated rings. The number of hydrogen-bond acceptors (Lipinski definition) is 2. The maximum absolute atomic E-state index is 9.48. The molecule has 1 aliphatic rings. The van der Waals surface area contributed by atoms with E-state index in [0.717, 1.165) is 18.8 Å². The van der Waals surface area contributed by atoms with Crippen LogP contribution in [-0.4, -0.2) is 11.1 Å². The lowest BCUT2D eigenvalue weighted by Crippen LogP contribution is -2.55. The van der Waals surface area contributed by atoms with Crippen LogP contribution < -0.4 is 5.32 Å². The molecule has 1 aliphatic carbocycles. The van der Waals surface area contributed by atoms with Crippen LogP contribution in [0.5, 0.6) is 0 Å². The Labute approximate surface area is 107 Å². The van der Waals surface area contributed by atoms with Crippen LogP contribution in [0.25, 0.3) is 0 Å². The van der Waals surface area contributed by atoms with Gasteiger partial charge in [-0.3, -0.25) is 5.32 Å². The molecule has 0 saturated heterocycles. The van der Waals surface area contributed by atoms with Gasteiger partial charge in [-0.2, -0.15) is 5.26 Å². The SMILES string of the molecule is CC(C)(C)NC1(C#N)CCC(C(C)(C)C)CC1. The van der Waals surface area contributed by atoms with Crippen molar-refractivity contribution in [2.75, 3.05) is 0 Å². The second-order valence-corrected chi connectivity index (χ2v) is 7.71. The predicted octanol–water partition coefficient (Wildman–Crippen LogP) is 3.87. The van der Waals surface area contributed by atoms with Crippen molar-refractivity contribution in [1.29, 1.82) is 5.26 Å². The molecule has 17 heavy (non-hydrogen) atoms. The van der Waals surface area contributed by atoms with Gasteiger partial charge in [0.1, 0.15) is 5.54 Å². The van der Waals surface area contributed by atoms with Gasteiger partial charge < -0.3 is 0 Å². The molecule has 0 heterocycles. The van der Waals surface area contributed by atoms with Gasteiger partial charge in [-0.25, -0.2) is 0 Å². The standard InChI is InChI=1S/C15H28N2/c1-13(2,3)12-7-9-15(11-16,10-8-12)17-14(4,5)6/h12,17H,7-10H2,1-6H3. The van der Waals surface area contributed by atoms with Crippen LogP contribution in [-0.2, 0) is 0 Å². The molecule has 0 atom stereocenters. The van der Waals surface area contributed by atoms with Crippen molar-refractivity contribution >= 4 is 0 Å². The third-order valence-corrected chi connectivity index (χ3v) is 3.89. The number of nitrogens with zero attached hydrogens (tertiary/aromatic N) is 1. The van der Waals surface area contributed by atoms with E-state index in [0.29, 0.717) is 5.41 Å². The van der Waals surface area contributed by atoms with Crippen LogP contribution in [0.4, 0.5) is 0 Å². The van der Waals surface area contributed by atoms with E-state index in [1.54, 1.807) is 0 Å². The predicted molar refractivity (Wildman–Crippen MR) is 72.6 cm³/mol. The van der Waals surface area contributed by atoms with Gasteiger partial charge in [0.2, 0.25) is 0 Å². The first kappa shape index (κ1) is 14.5. The van der Waals surface area contributed by atoms with E-state index < -0.39 is 0 Å². The molecule has 2 heteroatoms. The molecule has 0 spiro atoms. The van der Waals surface area contributed by atoms with E-state index >= 15 is 0 Å². The Hall–Kier alpha value is -0.550. The molecule has 0 aromatic carbocycles. The molecule has 0 aromatic heterocycles. The Balaban J connectivity index is 2.68. The maximum atomic E-state index is 9.48. The Bertz CT molecular complexity index is 290. The zero-order chi connectivity index (χ0) is 13.3. The minimum absolute atomic E-state index is 0.0182. The van der Waals surface area contributed by atoms with Crippen LogP contribution in [0.1, 0.15) is 67.2 Å². The number of hydrogen-bond donors (Lipinski definition) is 1. The van der Waals surface area contributed by atoms with E-state index in [1.165, 1.54) is 12.8 Å². The third-order valence-electron chi connectivity index (χ3n) is 3.89. The number of rotatable bonds is 1. The summed E-state index contributed by atoms with van der Waals surface area (Å²) in [6.07, 6.45) is 4.31. The van der Waals surface area contributed by atoms with E-state index in [4.69, 9.17) is 0 Å². The molecular weight excluding hydrogens is 208 g/mol. The van der Waals surface area contributed by atoms with Crippen LogP contribution in [0, 0.1) is 22.7 Å². The van der Waals surface area contributed by atoms with E-state index in [2.05, 4.69) is 52.9 Å². The number of nitrogens with one attached hydrogen (secondary N) is 1. The number of nitriles is 1. The summed E-state index contributed by atoms with van der Waals surface area (Å²) in [5, 5.41) is 13.0. The van der Waals surface area contributed by atoms with Crippen molar-refractivity contribution in [2.24, 2.45) is 11.3 Å². The van der Waals surface area contributed by atoms with Crippen LogP contribution in [0.15, 0.2) is 0 Å². The summed E-state index contributed by atoms with van der Waals surface area (Å²) < 4.78 is 0. The zero-order valence-electron chi connectivity index (χ0n) is 12.4. The lowest BCUT2D eigenvalue weighted by atomic mass is 9.67. The molecule has 0 bridgehead atoms. The lowest BCUT2D eigenvalue weighted by Gasteiger charge is -2.43. The Kier molecular flexibility index (Phi) is 3.94. The summed E-state index contributed by atoms with van der Waals surface area (Å²) in [6.45, 7) is 13.4. The average molecular weight is 236 g/mol. The molecule has 0 amide bonds. The second-order valence-electron chi connectivity index (χ2n) is 7.71. The Morgan fingerprint density at radius 2 is 1.53 bits per heavy atom. The fourth-order valence-electron chi connectivity index (χ4n) is 2.96. The summed E-state index contributed by atoms with van der Waals surface area (Å²) in [7, 11) is 0. The molecular formula is C15H28N2. The summed E-state index contributed by atoms with van der Waals surface area (Å²) in [4.78, 5) is 0. The first-order chi connectivity index (χ1) is 7.58. The average Bonchev–Trinajstić information content (AvgIpc) is 2.14. The monoisotopic (exact) mass is 236 g/mol. The molecule has 1 saturated carbocycles. The van der Waals surface area contributed by atoms with Gasteiger partial charge in [0.25, 0.3) is 0 Å². The third kappa shape index (κ3) is 4.00. The fraction of sp³-hybridized carbons (Fsp3) is 0.933. The first-order valence-electron chi connectivity index (χ1n) is 6.79. The van der Waals surface area contributed by atoms with Crippen LogP contribution >= 0.6 is 0 Å². The largest absolute Gasteiger partial charge is 0.295 e. The highest BCUT2D eigenvalue weighted by Gasteiger charge is 2.40. The second kappa shape index (κ2) is 4.61.